The molecule has 0 unspecified atom stereocenters. The largest absolute Gasteiger partial charge is 0.496 e. The fourth-order valence-corrected chi connectivity index (χ4v) is 4.21. The Bertz CT molecular complexity index is 1050. The molecule has 0 radical (unpaired) electrons. The molecule has 0 saturated carbocycles. The Kier molecular flexibility index (Phi) is 5.90. The summed E-state index contributed by atoms with van der Waals surface area (Å²) < 4.78 is 39.2. The molecule has 0 aliphatic carbocycles. The zero-order valence-corrected chi connectivity index (χ0v) is 16.9. The molecule has 0 aromatic heterocycles. The summed E-state index contributed by atoms with van der Waals surface area (Å²) in [6.45, 7) is 4.06. The highest BCUT2D eigenvalue weighted by Gasteiger charge is 2.19. The molecule has 0 saturated heterocycles. The third-order valence-electron chi connectivity index (χ3n) is 4.55. The van der Waals surface area contributed by atoms with Crippen molar-refractivity contribution in [2.45, 2.75) is 25.3 Å². The molecule has 146 valence electrons. The summed E-state index contributed by atoms with van der Waals surface area (Å²) in [4.78, 5) is 0.232. The lowest BCUT2D eigenvalue weighted by molar-refractivity contribution is 0.306. The summed E-state index contributed by atoms with van der Waals surface area (Å²) in [5.74, 6) is 1.33. The first-order chi connectivity index (χ1) is 13.4. The topological polar surface area (TPSA) is 64.6 Å². The van der Waals surface area contributed by atoms with Crippen molar-refractivity contribution in [3.8, 4) is 11.5 Å². The van der Waals surface area contributed by atoms with Crippen LogP contribution in [-0.2, 0) is 16.6 Å². The average molecular weight is 397 g/mol. The van der Waals surface area contributed by atoms with Gasteiger partial charge in [-0.1, -0.05) is 30.3 Å². The Hall–Kier alpha value is -2.99. The summed E-state index contributed by atoms with van der Waals surface area (Å²) in [7, 11) is -2.14. The van der Waals surface area contributed by atoms with Gasteiger partial charge in [0, 0.05) is 5.69 Å². The van der Waals surface area contributed by atoms with Gasteiger partial charge < -0.3 is 9.47 Å². The Morgan fingerprint density at radius 2 is 1.54 bits per heavy atom. The molecule has 0 aliphatic heterocycles. The SMILES string of the molecule is COc1ccc(S(=O)(=O)Nc2ccc(OCc3ccccc3)cc2)c(C)c1C. The molecule has 28 heavy (non-hydrogen) atoms. The molecular formula is C22H23NO4S. The zero-order valence-electron chi connectivity index (χ0n) is 16.1. The molecule has 0 spiro atoms. The smallest absolute Gasteiger partial charge is 0.262 e. The highest BCUT2D eigenvalue weighted by Crippen LogP contribution is 2.28. The van der Waals surface area contributed by atoms with Crippen LogP contribution in [-0.4, -0.2) is 15.5 Å². The third kappa shape index (κ3) is 4.46. The number of methoxy groups -OCH3 is 1. The molecule has 0 fully saturated rings. The van der Waals surface area contributed by atoms with Gasteiger partial charge in [-0.3, -0.25) is 4.72 Å². The second kappa shape index (κ2) is 8.35. The number of nitrogens with one attached hydrogen (secondary N) is 1. The molecule has 3 aromatic carbocycles. The van der Waals surface area contributed by atoms with Crippen molar-refractivity contribution >= 4 is 15.7 Å². The van der Waals surface area contributed by atoms with E-state index in [-0.39, 0.29) is 4.90 Å². The first-order valence-corrected chi connectivity index (χ1v) is 10.3. The summed E-state index contributed by atoms with van der Waals surface area (Å²) >= 11 is 0. The Morgan fingerprint density at radius 1 is 0.857 bits per heavy atom. The van der Waals surface area contributed by atoms with Crippen LogP contribution < -0.4 is 14.2 Å². The van der Waals surface area contributed by atoms with Gasteiger partial charge in [-0.2, -0.15) is 0 Å². The molecule has 0 bridgehead atoms. The fraction of sp³-hybridized carbons (Fsp3) is 0.182. The molecule has 6 heteroatoms. The number of hydrogen-bond donors (Lipinski definition) is 1. The van der Waals surface area contributed by atoms with Crippen LogP contribution in [0.3, 0.4) is 0 Å². The molecule has 0 amide bonds. The lowest BCUT2D eigenvalue weighted by atomic mass is 10.1. The van der Waals surface area contributed by atoms with Gasteiger partial charge in [0.25, 0.3) is 10.0 Å². The van der Waals surface area contributed by atoms with E-state index in [9.17, 15) is 8.42 Å². The van der Waals surface area contributed by atoms with Crippen molar-refractivity contribution in [1.82, 2.24) is 0 Å². The predicted octanol–water partition coefficient (Wildman–Crippen LogP) is 4.69. The van der Waals surface area contributed by atoms with E-state index in [0.29, 0.717) is 29.4 Å². The number of sulfonamides is 1. The number of benzene rings is 3. The van der Waals surface area contributed by atoms with Gasteiger partial charge in [-0.05, 0) is 66.9 Å². The van der Waals surface area contributed by atoms with E-state index in [2.05, 4.69) is 4.72 Å². The van der Waals surface area contributed by atoms with Crippen molar-refractivity contribution in [3.63, 3.8) is 0 Å². The summed E-state index contributed by atoms with van der Waals surface area (Å²) in [5.41, 5.74) is 3.00. The van der Waals surface area contributed by atoms with Crippen molar-refractivity contribution < 1.29 is 17.9 Å². The monoisotopic (exact) mass is 397 g/mol. The molecule has 3 rings (SSSR count). The van der Waals surface area contributed by atoms with Gasteiger partial charge in [0.1, 0.15) is 18.1 Å². The van der Waals surface area contributed by atoms with Gasteiger partial charge in [0.2, 0.25) is 0 Å². The molecule has 5 nitrogen and oxygen atoms in total. The molecule has 0 heterocycles. The van der Waals surface area contributed by atoms with Gasteiger partial charge >= 0.3 is 0 Å². The second-order valence-corrected chi connectivity index (χ2v) is 8.07. The standard InChI is InChI=1S/C22H23NO4S/c1-16-17(2)22(14-13-21(16)26-3)28(24,25)23-19-9-11-20(12-10-19)27-15-18-7-5-4-6-8-18/h4-14,23H,15H2,1-3H3. The second-order valence-electron chi connectivity index (χ2n) is 6.42. The normalized spacial score (nSPS) is 11.1. The summed E-state index contributed by atoms with van der Waals surface area (Å²) in [6.07, 6.45) is 0. The van der Waals surface area contributed by atoms with E-state index in [1.807, 2.05) is 37.3 Å². The maximum atomic E-state index is 12.8. The molecule has 3 aromatic rings. The van der Waals surface area contributed by atoms with E-state index in [4.69, 9.17) is 9.47 Å². The van der Waals surface area contributed by atoms with Gasteiger partial charge in [0.05, 0.1) is 12.0 Å². The van der Waals surface area contributed by atoms with Crippen LogP contribution in [0, 0.1) is 13.8 Å². The Labute approximate surface area is 166 Å². The molecule has 1 N–H and O–H groups in total. The highest BCUT2D eigenvalue weighted by atomic mass is 32.2. The van der Waals surface area contributed by atoms with E-state index in [1.54, 1.807) is 50.4 Å². The lowest BCUT2D eigenvalue weighted by Crippen LogP contribution is -2.15. The van der Waals surface area contributed by atoms with E-state index in [0.717, 1.165) is 11.1 Å². The van der Waals surface area contributed by atoms with Crippen molar-refractivity contribution in [2.75, 3.05) is 11.8 Å². The van der Waals surface area contributed by atoms with Crippen LogP contribution >= 0.6 is 0 Å². The first-order valence-electron chi connectivity index (χ1n) is 8.84. The number of anilines is 1. The minimum atomic E-state index is -3.71. The van der Waals surface area contributed by atoms with E-state index in [1.165, 1.54) is 0 Å². The molecule has 0 aliphatic rings. The maximum Gasteiger partial charge on any atom is 0.262 e. The van der Waals surface area contributed by atoms with Crippen LogP contribution in [0.2, 0.25) is 0 Å². The van der Waals surface area contributed by atoms with Gasteiger partial charge in [-0.15, -0.1) is 0 Å². The summed E-state index contributed by atoms with van der Waals surface area (Å²) in [5, 5.41) is 0. The van der Waals surface area contributed by atoms with Gasteiger partial charge in [-0.25, -0.2) is 8.42 Å². The minimum absolute atomic E-state index is 0.232. The fourth-order valence-electron chi connectivity index (χ4n) is 2.85. The van der Waals surface area contributed by atoms with Crippen molar-refractivity contribution in [3.05, 3.63) is 83.4 Å². The third-order valence-corrected chi connectivity index (χ3v) is 6.08. The Morgan fingerprint density at radius 3 is 2.18 bits per heavy atom. The minimum Gasteiger partial charge on any atom is -0.496 e. The Balaban J connectivity index is 1.72. The van der Waals surface area contributed by atoms with Gasteiger partial charge in [0.15, 0.2) is 0 Å². The number of rotatable bonds is 7. The van der Waals surface area contributed by atoms with E-state index < -0.39 is 10.0 Å². The highest BCUT2D eigenvalue weighted by molar-refractivity contribution is 7.92. The molecule has 0 atom stereocenters. The van der Waals surface area contributed by atoms with Crippen LogP contribution in [0.1, 0.15) is 16.7 Å². The zero-order chi connectivity index (χ0) is 20.1. The lowest BCUT2D eigenvalue weighted by Gasteiger charge is -2.14. The predicted molar refractivity (Wildman–Crippen MR) is 110 cm³/mol. The average Bonchev–Trinajstić information content (AvgIpc) is 2.70. The van der Waals surface area contributed by atoms with Crippen LogP contribution in [0.4, 0.5) is 5.69 Å². The van der Waals surface area contributed by atoms with Crippen molar-refractivity contribution in [2.24, 2.45) is 0 Å². The molecular weight excluding hydrogens is 374 g/mol. The number of ether oxygens (including phenoxy) is 2. The van der Waals surface area contributed by atoms with Crippen LogP contribution in [0.15, 0.2) is 71.6 Å². The van der Waals surface area contributed by atoms with Crippen molar-refractivity contribution in [1.29, 1.82) is 0 Å². The van der Waals surface area contributed by atoms with Crippen LogP contribution in [0.25, 0.3) is 0 Å². The van der Waals surface area contributed by atoms with E-state index >= 15 is 0 Å². The van der Waals surface area contributed by atoms with Crippen LogP contribution in [0.5, 0.6) is 11.5 Å². The number of hydrogen-bond acceptors (Lipinski definition) is 4. The maximum absolute atomic E-state index is 12.8. The quantitative estimate of drug-likeness (QED) is 0.628. The summed E-state index contributed by atoms with van der Waals surface area (Å²) in [6, 6.07) is 19.9. The first kappa shape index (κ1) is 19.8.